The smallest absolute Gasteiger partial charge is 0.262 e. The first-order valence-electron chi connectivity index (χ1n) is 7.27. The highest BCUT2D eigenvalue weighted by molar-refractivity contribution is 6.30. The summed E-state index contributed by atoms with van der Waals surface area (Å²) < 4.78 is 5.83. The molecule has 1 amide bonds. The predicted molar refractivity (Wildman–Crippen MR) is 86.9 cm³/mol. The fourth-order valence-corrected chi connectivity index (χ4v) is 2.22. The normalized spacial score (nSPS) is 13.6. The molecule has 0 bridgehead atoms. The number of likely N-dealkylation sites (N-methyl/N-ethyl adjacent to an activating group) is 1. The molecule has 1 aromatic carbocycles. The number of hydrogen-bond acceptors (Lipinski definition) is 3. The van der Waals surface area contributed by atoms with Gasteiger partial charge in [0.05, 0.1) is 0 Å². The van der Waals surface area contributed by atoms with E-state index in [-0.39, 0.29) is 11.9 Å². The first kappa shape index (κ1) is 17.8. The van der Waals surface area contributed by atoms with Crippen molar-refractivity contribution in [1.82, 2.24) is 10.2 Å². The molecule has 0 saturated carbocycles. The molecule has 0 heterocycles. The van der Waals surface area contributed by atoms with Crippen molar-refractivity contribution in [3.8, 4) is 5.75 Å². The van der Waals surface area contributed by atoms with Crippen LogP contribution in [0.25, 0.3) is 0 Å². The van der Waals surface area contributed by atoms with Crippen molar-refractivity contribution < 1.29 is 9.53 Å². The second-order valence-corrected chi connectivity index (χ2v) is 5.79. The van der Waals surface area contributed by atoms with Crippen molar-refractivity contribution in [2.75, 3.05) is 20.6 Å². The molecule has 0 fully saturated rings. The molecular weight excluding hydrogens is 288 g/mol. The van der Waals surface area contributed by atoms with E-state index in [2.05, 4.69) is 19.2 Å². The van der Waals surface area contributed by atoms with E-state index in [0.717, 1.165) is 18.5 Å². The summed E-state index contributed by atoms with van der Waals surface area (Å²) in [6.07, 6.45) is 0.523. The van der Waals surface area contributed by atoms with Gasteiger partial charge in [-0.2, -0.15) is 0 Å². The van der Waals surface area contributed by atoms with Crippen LogP contribution in [0.4, 0.5) is 0 Å². The van der Waals surface area contributed by atoms with Gasteiger partial charge in [0.1, 0.15) is 5.75 Å². The van der Waals surface area contributed by atoms with Gasteiger partial charge in [0, 0.05) is 30.7 Å². The topological polar surface area (TPSA) is 41.6 Å². The van der Waals surface area contributed by atoms with Crippen molar-refractivity contribution >= 4 is 17.5 Å². The number of rotatable bonds is 7. The highest BCUT2D eigenvalue weighted by Gasteiger charge is 2.19. The van der Waals surface area contributed by atoms with Crippen LogP contribution in [-0.2, 0) is 4.79 Å². The summed E-state index contributed by atoms with van der Waals surface area (Å²) in [5.41, 5.74) is 0.967. The molecule has 118 valence electrons. The van der Waals surface area contributed by atoms with Crippen LogP contribution in [0.3, 0.4) is 0 Å². The highest BCUT2D eigenvalue weighted by Crippen LogP contribution is 2.29. The Labute approximate surface area is 132 Å². The molecule has 0 aliphatic carbocycles. The molecule has 0 radical (unpaired) electrons. The Morgan fingerprint density at radius 1 is 1.38 bits per heavy atom. The maximum absolute atomic E-state index is 11.9. The molecule has 0 saturated heterocycles. The lowest BCUT2D eigenvalue weighted by Gasteiger charge is -2.22. The molecule has 2 atom stereocenters. The van der Waals surface area contributed by atoms with Crippen molar-refractivity contribution in [3.05, 3.63) is 28.8 Å². The molecule has 1 rings (SSSR count). The Hall–Kier alpha value is -1.26. The van der Waals surface area contributed by atoms with Crippen LogP contribution in [0.2, 0.25) is 5.02 Å². The average molecular weight is 313 g/mol. The summed E-state index contributed by atoms with van der Waals surface area (Å²) in [6, 6.07) is 5.60. The molecule has 1 aromatic rings. The Morgan fingerprint density at radius 2 is 2.05 bits per heavy atom. The number of carbonyl (C=O) groups is 1. The summed E-state index contributed by atoms with van der Waals surface area (Å²) >= 11 is 6.09. The van der Waals surface area contributed by atoms with Gasteiger partial charge in [-0.25, -0.2) is 0 Å². The highest BCUT2D eigenvalue weighted by atomic mass is 35.5. The van der Waals surface area contributed by atoms with E-state index in [1.807, 2.05) is 12.1 Å². The standard InChI is InChI=1S/C16H25ClN2O2/c1-6-9-18-11(2)14-10-13(17)7-8-15(14)21-12(3)16(20)19(4)5/h7-8,10-12,18H,6,9H2,1-5H3. The number of amides is 1. The van der Waals surface area contributed by atoms with Gasteiger partial charge in [-0.15, -0.1) is 0 Å². The second-order valence-electron chi connectivity index (χ2n) is 5.35. The van der Waals surface area contributed by atoms with Crippen molar-refractivity contribution in [2.45, 2.75) is 39.3 Å². The quantitative estimate of drug-likeness (QED) is 0.840. The zero-order valence-electron chi connectivity index (χ0n) is 13.4. The van der Waals surface area contributed by atoms with E-state index >= 15 is 0 Å². The molecule has 0 aliphatic rings. The lowest BCUT2D eigenvalue weighted by molar-refractivity contribution is -0.135. The minimum Gasteiger partial charge on any atom is -0.481 e. The van der Waals surface area contributed by atoms with E-state index in [4.69, 9.17) is 16.3 Å². The predicted octanol–water partition coefficient (Wildman–Crippen LogP) is 3.26. The number of halogens is 1. The first-order valence-corrected chi connectivity index (χ1v) is 7.65. The van der Waals surface area contributed by atoms with Crippen LogP contribution in [0.15, 0.2) is 18.2 Å². The first-order chi connectivity index (χ1) is 9.86. The zero-order valence-corrected chi connectivity index (χ0v) is 14.2. The summed E-state index contributed by atoms with van der Waals surface area (Å²) in [5.74, 6) is 0.628. The lowest BCUT2D eigenvalue weighted by atomic mass is 10.1. The third-order valence-corrected chi connectivity index (χ3v) is 3.47. The number of nitrogens with zero attached hydrogens (tertiary/aromatic N) is 1. The largest absolute Gasteiger partial charge is 0.481 e. The van der Waals surface area contributed by atoms with E-state index in [0.29, 0.717) is 10.8 Å². The average Bonchev–Trinajstić information content (AvgIpc) is 2.45. The molecule has 0 spiro atoms. The minimum absolute atomic E-state index is 0.0647. The SMILES string of the molecule is CCCNC(C)c1cc(Cl)ccc1OC(C)C(=O)N(C)C. The summed E-state index contributed by atoms with van der Waals surface area (Å²) in [5, 5.41) is 4.07. The number of nitrogens with one attached hydrogen (secondary N) is 1. The monoisotopic (exact) mass is 312 g/mol. The van der Waals surface area contributed by atoms with Gasteiger partial charge < -0.3 is 15.0 Å². The van der Waals surface area contributed by atoms with Crippen molar-refractivity contribution in [3.63, 3.8) is 0 Å². The van der Waals surface area contributed by atoms with Gasteiger partial charge in [-0.05, 0) is 45.0 Å². The fraction of sp³-hybridized carbons (Fsp3) is 0.562. The summed E-state index contributed by atoms with van der Waals surface area (Å²) in [7, 11) is 3.44. The Kier molecular flexibility index (Phi) is 6.99. The van der Waals surface area contributed by atoms with Crippen LogP contribution in [-0.4, -0.2) is 37.6 Å². The molecule has 4 nitrogen and oxygen atoms in total. The van der Waals surface area contributed by atoms with Gasteiger partial charge in [-0.3, -0.25) is 4.79 Å². The van der Waals surface area contributed by atoms with Gasteiger partial charge >= 0.3 is 0 Å². The molecule has 1 N–H and O–H groups in total. The van der Waals surface area contributed by atoms with Crippen LogP contribution >= 0.6 is 11.6 Å². The zero-order chi connectivity index (χ0) is 16.0. The Morgan fingerprint density at radius 3 is 2.62 bits per heavy atom. The number of benzene rings is 1. The lowest BCUT2D eigenvalue weighted by Crippen LogP contribution is -2.35. The molecule has 21 heavy (non-hydrogen) atoms. The van der Waals surface area contributed by atoms with Crippen molar-refractivity contribution in [2.24, 2.45) is 0 Å². The fourth-order valence-electron chi connectivity index (χ4n) is 2.04. The Bertz CT molecular complexity index is 477. The van der Waals surface area contributed by atoms with Gasteiger partial charge in [0.2, 0.25) is 0 Å². The second kappa shape index (κ2) is 8.25. The molecular formula is C16H25ClN2O2. The van der Waals surface area contributed by atoms with Crippen LogP contribution in [0.5, 0.6) is 5.75 Å². The van der Waals surface area contributed by atoms with E-state index in [1.54, 1.807) is 27.1 Å². The van der Waals surface area contributed by atoms with Crippen LogP contribution in [0.1, 0.15) is 38.8 Å². The molecule has 2 unspecified atom stereocenters. The number of ether oxygens (including phenoxy) is 1. The van der Waals surface area contributed by atoms with Crippen LogP contribution in [0, 0.1) is 0 Å². The van der Waals surface area contributed by atoms with Gasteiger partial charge in [-0.1, -0.05) is 18.5 Å². The molecule has 0 aromatic heterocycles. The summed E-state index contributed by atoms with van der Waals surface area (Å²) in [4.78, 5) is 13.5. The number of hydrogen-bond donors (Lipinski definition) is 1. The van der Waals surface area contributed by atoms with Crippen LogP contribution < -0.4 is 10.1 Å². The van der Waals surface area contributed by atoms with Gasteiger partial charge in [0.25, 0.3) is 5.91 Å². The molecule has 0 aliphatic heterocycles. The van der Waals surface area contributed by atoms with Crippen molar-refractivity contribution in [1.29, 1.82) is 0 Å². The minimum atomic E-state index is -0.529. The van der Waals surface area contributed by atoms with E-state index in [1.165, 1.54) is 4.90 Å². The number of carbonyl (C=O) groups excluding carboxylic acids is 1. The maximum atomic E-state index is 11.9. The summed E-state index contributed by atoms with van der Waals surface area (Å²) in [6.45, 7) is 6.85. The third-order valence-electron chi connectivity index (χ3n) is 3.23. The Balaban J connectivity index is 2.93. The maximum Gasteiger partial charge on any atom is 0.262 e. The third kappa shape index (κ3) is 5.21. The molecule has 5 heteroatoms. The van der Waals surface area contributed by atoms with Gasteiger partial charge in [0.15, 0.2) is 6.10 Å². The van der Waals surface area contributed by atoms with E-state index in [9.17, 15) is 4.79 Å². The van der Waals surface area contributed by atoms with E-state index < -0.39 is 6.10 Å².